The van der Waals surface area contributed by atoms with Crippen molar-refractivity contribution in [3.8, 4) is 0 Å². The number of aryl methyl sites for hydroxylation is 1. The Morgan fingerprint density at radius 1 is 1.44 bits per heavy atom. The first kappa shape index (κ1) is 12.7. The summed E-state index contributed by atoms with van der Waals surface area (Å²) < 4.78 is 30.8. The fraction of sp³-hybridized carbons (Fsp3) is 0.111. The van der Waals surface area contributed by atoms with Crippen molar-refractivity contribution >= 4 is 33.3 Å². The van der Waals surface area contributed by atoms with Gasteiger partial charge in [0.1, 0.15) is 4.90 Å². The van der Waals surface area contributed by atoms with E-state index < -0.39 is 10.0 Å². The topological polar surface area (TPSA) is 111 Å². The number of halogens is 1. The number of sulfonamides is 1. The molecule has 0 saturated heterocycles. The molecule has 1 aromatic heterocycles. The fourth-order valence-corrected chi connectivity index (χ4v) is 2.70. The highest BCUT2D eigenvalue weighted by atomic mass is 35.5. The average molecular weight is 289 g/mol. The predicted octanol–water partition coefficient (Wildman–Crippen LogP) is 1.41. The van der Waals surface area contributed by atoms with Crippen molar-refractivity contribution in [3.63, 3.8) is 0 Å². The van der Waals surface area contributed by atoms with Crippen LogP contribution in [-0.4, -0.2) is 18.6 Å². The van der Waals surface area contributed by atoms with E-state index in [1.165, 1.54) is 18.2 Å². The van der Waals surface area contributed by atoms with Crippen molar-refractivity contribution in [2.45, 2.75) is 11.8 Å². The normalized spacial score (nSPS) is 11.4. The Hall–Kier alpha value is -1.80. The van der Waals surface area contributed by atoms with E-state index in [0.717, 1.165) is 0 Å². The van der Waals surface area contributed by atoms with Gasteiger partial charge in [-0.1, -0.05) is 16.8 Å². The third kappa shape index (κ3) is 2.54. The zero-order valence-corrected chi connectivity index (χ0v) is 10.8. The molecule has 0 unspecified atom stereocenters. The van der Waals surface area contributed by atoms with Gasteiger partial charge >= 0.3 is 6.01 Å². The molecule has 0 atom stereocenters. The maximum Gasteiger partial charge on any atom is 0.335 e. The van der Waals surface area contributed by atoms with Gasteiger partial charge in [-0.3, -0.25) is 0 Å². The summed E-state index contributed by atoms with van der Waals surface area (Å²) in [6.07, 6.45) is 0. The molecule has 1 aromatic carbocycles. The van der Waals surface area contributed by atoms with Crippen molar-refractivity contribution in [2.24, 2.45) is 0 Å². The fourth-order valence-electron chi connectivity index (χ4n) is 1.23. The van der Waals surface area contributed by atoms with Crippen molar-refractivity contribution in [3.05, 3.63) is 29.0 Å². The van der Waals surface area contributed by atoms with Gasteiger partial charge in [-0.2, -0.15) is 4.98 Å². The number of hydrogen-bond acceptors (Lipinski definition) is 6. The molecule has 2 aromatic rings. The Balaban J connectivity index is 2.39. The number of nitrogens with one attached hydrogen (secondary N) is 1. The molecule has 7 nitrogen and oxygen atoms in total. The van der Waals surface area contributed by atoms with Gasteiger partial charge in [-0.25, -0.2) is 13.1 Å². The van der Waals surface area contributed by atoms with E-state index in [4.69, 9.17) is 17.3 Å². The number of nitrogens with zero attached hydrogens (tertiary/aromatic N) is 2. The first-order valence-corrected chi connectivity index (χ1v) is 6.63. The third-order valence-corrected chi connectivity index (χ3v) is 3.80. The van der Waals surface area contributed by atoms with Crippen LogP contribution in [0.3, 0.4) is 0 Å². The van der Waals surface area contributed by atoms with E-state index in [0.29, 0.717) is 5.82 Å². The first-order chi connectivity index (χ1) is 8.38. The molecule has 0 amide bonds. The zero-order chi connectivity index (χ0) is 13.3. The molecule has 3 N–H and O–H groups in total. The van der Waals surface area contributed by atoms with Gasteiger partial charge in [0.25, 0.3) is 10.0 Å². The van der Waals surface area contributed by atoms with Gasteiger partial charge < -0.3 is 10.3 Å². The van der Waals surface area contributed by atoms with Gasteiger partial charge in [0.05, 0.1) is 5.02 Å². The molecule has 0 aliphatic carbocycles. The lowest BCUT2D eigenvalue weighted by Crippen LogP contribution is -2.14. The van der Waals surface area contributed by atoms with Crippen molar-refractivity contribution in [1.29, 1.82) is 0 Å². The number of nitrogen functional groups attached to an aromatic ring is 1. The second kappa shape index (κ2) is 4.46. The number of anilines is 2. The molecule has 0 aliphatic rings. The molecule has 9 heteroatoms. The molecule has 0 spiro atoms. The zero-order valence-electron chi connectivity index (χ0n) is 9.21. The minimum atomic E-state index is -3.91. The molecule has 0 aliphatic heterocycles. The van der Waals surface area contributed by atoms with Crippen LogP contribution in [0.2, 0.25) is 5.02 Å². The standard InChI is InChI=1S/C9H9ClN4O3S/c1-5-12-9(17-13-5)14-18(15,16)8-4-6(11)2-3-7(8)10/h2-4H,11H2,1H3,(H,12,13,14). The number of benzene rings is 1. The Morgan fingerprint density at radius 3 is 2.78 bits per heavy atom. The van der Waals surface area contributed by atoms with Gasteiger partial charge in [0, 0.05) is 5.69 Å². The molecule has 0 fully saturated rings. The SMILES string of the molecule is Cc1noc(NS(=O)(=O)c2cc(N)ccc2Cl)n1. The van der Waals surface area contributed by atoms with Crippen LogP contribution < -0.4 is 10.5 Å². The van der Waals surface area contributed by atoms with Gasteiger partial charge in [0.2, 0.25) is 0 Å². The average Bonchev–Trinajstić information content (AvgIpc) is 2.66. The highest BCUT2D eigenvalue weighted by Crippen LogP contribution is 2.25. The molecule has 2 rings (SSSR count). The van der Waals surface area contributed by atoms with Crippen LogP contribution >= 0.6 is 11.6 Å². The number of nitrogens with two attached hydrogens (primary N) is 1. The van der Waals surface area contributed by atoms with Crippen LogP contribution in [0.1, 0.15) is 5.82 Å². The maximum absolute atomic E-state index is 12.0. The van der Waals surface area contributed by atoms with E-state index in [1.807, 2.05) is 0 Å². The van der Waals surface area contributed by atoms with E-state index in [9.17, 15) is 8.42 Å². The molecule has 0 radical (unpaired) electrons. The number of rotatable bonds is 3. The highest BCUT2D eigenvalue weighted by molar-refractivity contribution is 7.92. The number of aromatic nitrogens is 2. The quantitative estimate of drug-likeness (QED) is 0.826. The summed E-state index contributed by atoms with van der Waals surface area (Å²) in [6.45, 7) is 1.56. The van der Waals surface area contributed by atoms with Crippen LogP contribution in [0.25, 0.3) is 0 Å². The van der Waals surface area contributed by atoms with E-state index in [-0.39, 0.29) is 21.6 Å². The predicted molar refractivity (Wildman–Crippen MR) is 65.7 cm³/mol. The second-order valence-electron chi connectivity index (χ2n) is 3.44. The van der Waals surface area contributed by atoms with Crippen LogP contribution in [-0.2, 0) is 10.0 Å². The molecule has 0 bridgehead atoms. The molecular formula is C9H9ClN4O3S. The maximum atomic E-state index is 12.0. The van der Waals surface area contributed by atoms with Crippen LogP contribution in [0, 0.1) is 6.92 Å². The largest absolute Gasteiger partial charge is 0.399 e. The number of hydrogen-bond donors (Lipinski definition) is 2. The van der Waals surface area contributed by atoms with E-state index in [2.05, 4.69) is 19.4 Å². The van der Waals surface area contributed by atoms with Crippen LogP contribution in [0.15, 0.2) is 27.6 Å². The molecular weight excluding hydrogens is 280 g/mol. The van der Waals surface area contributed by atoms with Crippen molar-refractivity contribution < 1.29 is 12.9 Å². The third-order valence-electron chi connectivity index (χ3n) is 1.99. The molecule has 96 valence electrons. The summed E-state index contributed by atoms with van der Waals surface area (Å²) >= 11 is 5.81. The summed E-state index contributed by atoms with van der Waals surface area (Å²) in [5.41, 5.74) is 5.80. The monoisotopic (exact) mass is 288 g/mol. The van der Waals surface area contributed by atoms with Crippen LogP contribution in [0.4, 0.5) is 11.7 Å². The smallest absolute Gasteiger partial charge is 0.335 e. The van der Waals surface area contributed by atoms with Crippen molar-refractivity contribution in [1.82, 2.24) is 10.1 Å². The lowest BCUT2D eigenvalue weighted by atomic mass is 10.3. The summed E-state index contributed by atoms with van der Waals surface area (Å²) in [5, 5.41) is 3.51. The minimum Gasteiger partial charge on any atom is -0.399 e. The Bertz CT molecular complexity index is 683. The molecule has 18 heavy (non-hydrogen) atoms. The lowest BCUT2D eigenvalue weighted by Gasteiger charge is -2.06. The van der Waals surface area contributed by atoms with Gasteiger partial charge in [-0.15, -0.1) is 0 Å². The van der Waals surface area contributed by atoms with E-state index in [1.54, 1.807) is 6.92 Å². The minimum absolute atomic E-state index is 0.0490. The van der Waals surface area contributed by atoms with Gasteiger partial charge in [0.15, 0.2) is 5.82 Å². The summed E-state index contributed by atoms with van der Waals surface area (Å²) in [5.74, 6) is 0.311. The van der Waals surface area contributed by atoms with Crippen LogP contribution in [0.5, 0.6) is 0 Å². The van der Waals surface area contributed by atoms with E-state index >= 15 is 0 Å². The summed E-state index contributed by atoms with van der Waals surface area (Å²) in [6, 6.07) is 3.90. The Kier molecular flexibility index (Phi) is 3.14. The Labute approximate surface area is 108 Å². The Morgan fingerprint density at radius 2 is 2.17 bits per heavy atom. The highest BCUT2D eigenvalue weighted by Gasteiger charge is 2.20. The second-order valence-corrected chi connectivity index (χ2v) is 5.50. The molecule has 0 saturated carbocycles. The van der Waals surface area contributed by atoms with Gasteiger partial charge in [-0.05, 0) is 25.1 Å². The lowest BCUT2D eigenvalue weighted by molar-refractivity contribution is 0.429. The summed E-state index contributed by atoms with van der Waals surface area (Å²) in [7, 11) is -3.91. The molecule has 1 heterocycles. The first-order valence-electron chi connectivity index (χ1n) is 4.76. The summed E-state index contributed by atoms with van der Waals surface area (Å²) in [4.78, 5) is 3.58. The van der Waals surface area contributed by atoms with Crippen molar-refractivity contribution in [2.75, 3.05) is 10.5 Å².